The maximum Gasteiger partial charge on any atom is 0.416 e. The number of carbonyl (C=O) groups excluding carboxylic acids is 4. The van der Waals surface area contributed by atoms with Gasteiger partial charge in [-0.05, 0) is 358 Å². The number of nitrogens with zero attached hydrogens (tertiary/aromatic N) is 4. The SMILES string of the molecule is CC(=O)C(CC(C)C)c1cc(-c2ccc(C(F)(F)F)cc2)cc(C2CCN(C3CCCCC3)CC2)c1.CC(=O)C(CC(C)C)c1cc(-c2ccc(C(F)(F)F)cc2)cc(C2CCN(Cc3cc(F)cc(F)c3)CC2)c1.CC(=O)C(CC(C)C)c1cc(-c2ccc(C(F)(F)F)cc2)cc(C2CCN(c3ccc(C(F)(F)F)cc3)CC2)c1.CC(=O)C(CC(C)C)c1cc(-c2ccc(C(F)(F)F)cc2)cc(C2CC[N+](C)(C)CC2)c1. The molecule has 10 aromatic rings. The molecule has 4 atom stereocenters. The summed E-state index contributed by atoms with van der Waals surface area (Å²) in [5.74, 6) is 0.683. The lowest BCUT2D eigenvalue weighted by molar-refractivity contribution is -0.895. The van der Waals surface area contributed by atoms with Crippen molar-refractivity contribution in [3.05, 3.63) is 302 Å². The number of benzene rings is 10. The monoisotopic (exact) mass is 2050 g/mol. The number of halogens is 17. The minimum absolute atomic E-state index is 0.0429. The van der Waals surface area contributed by atoms with Gasteiger partial charge in [0, 0.05) is 73.9 Å². The first-order valence-electron chi connectivity index (χ1n) is 52.1. The molecule has 1 aliphatic carbocycles. The molecule has 1 saturated carbocycles. The van der Waals surface area contributed by atoms with Gasteiger partial charge in [-0.25, -0.2) is 8.78 Å². The zero-order valence-corrected chi connectivity index (χ0v) is 86.9. The highest BCUT2D eigenvalue weighted by atomic mass is 19.4. The number of alkyl halides is 15. The maximum atomic E-state index is 13.6. The van der Waals surface area contributed by atoms with Crippen LogP contribution >= 0.6 is 0 Å². The first-order chi connectivity index (χ1) is 69.1. The van der Waals surface area contributed by atoms with Gasteiger partial charge in [0.05, 0.1) is 55.0 Å². The summed E-state index contributed by atoms with van der Waals surface area (Å²) in [6.45, 7) is 30.8. The van der Waals surface area contributed by atoms with Gasteiger partial charge >= 0.3 is 30.9 Å². The predicted octanol–water partition coefficient (Wildman–Crippen LogP) is 33.9. The molecular formula is C122H142F17N4O4+. The molecule has 25 heteroatoms. The lowest BCUT2D eigenvalue weighted by atomic mass is 9.81. The van der Waals surface area contributed by atoms with E-state index in [1.807, 2.05) is 50.2 Å². The topological polar surface area (TPSA) is 78.0 Å². The van der Waals surface area contributed by atoms with Crippen LogP contribution in [-0.2, 0) is 56.6 Å². The summed E-state index contributed by atoms with van der Waals surface area (Å²) in [5.41, 5.74) is 12.4. The Balaban J connectivity index is 0.000000175. The molecule has 0 bridgehead atoms. The molecule has 4 aliphatic heterocycles. The highest BCUT2D eigenvalue weighted by molar-refractivity contribution is 5.87. The summed E-state index contributed by atoms with van der Waals surface area (Å²) in [4.78, 5) is 57.4. The lowest BCUT2D eigenvalue weighted by Gasteiger charge is -2.39. The molecule has 4 saturated heterocycles. The lowest BCUT2D eigenvalue weighted by Crippen LogP contribution is -2.45. The number of hydrogen-bond donors (Lipinski definition) is 0. The first-order valence-corrected chi connectivity index (χ1v) is 52.1. The summed E-state index contributed by atoms with van der Waals surface area (Å²) >= 11 is 0. The molecule has 4 unspecified atom stereocenters. The van der Waals surface area contributed by atoms with Gasteiger partial charge in [-0.2, -0.15) is 65.9 Å². The molecule has 5 aliphatic rings. The maximum absolute atomic E-state index is 13.6. The van der Waals surface area contributed by atoms with E-state index in [9.17, 15) is 93.8 Å². The normalized spacial score (nSPS) is 17.3. The van der Waals surface area contributed by atoms with Gasteiger partial charge in [-0.15, -0.1) is 0 Å². The van der Waals surface area contributed by atoms with E-state index in [1.54, 1.807) is 39.8 Å². The zero-order chi connectivity index (χ0) is 107. The van der Waals surface area contributed by atoms with Crippen molar-refractivity contribution >= 4 is 28.8 Å². The molecular weight excluding hydrogens is 1910 g/mol. The van der Waals surface area contributed by atoms with Crippen LogP contribution in [0.5, 0.6) is 0 Å². The van der Waals surface area contributed by atoms with Gasteiger partial charge in [0.25, 0.3) is 0 Å². The number of hydrogen-bond acceptors (Lipinski definition) is 7. The molecule has 4 heterocycles. The van der Waals surface area contributed by atoms with E-state index in [-0.39, 0.29) is 64.6 Å². The Morgan fingerprint density at radius 3 is 0.810 bits per heavy atom. The fourth-order valence-corrected chi connectivity index (χ4v) is 21.9. The Labute approximate surface area is 856 Å². The Kier molecular flexibility index (Phi) is 39.0. The molecule has 147 heavy (non-hydrogen) atoms. The summed E-state index contributed by atoms with van der Waals surface area (Å²) in [6.07, 6.45) is -4.91. The molecule has 10 aromatic carbocycles. The molecule has 0 radical (unpaired) electrons. The Morgan fingerprint density at radius 1 is 0.299 bits per heavy atom. The standard InChI is InChI=1S/C32H33F6NO.C32H34F5NO.C31H40F3NO.C27H35F3NO/c1-20(2)16-30(21(3)40)26-18-24(22-4-6-27(7-5-22)31(33,34)35)17-25(19-26)23-12-14-39(15-13-23)29-10-8-28(9-11-29)32(36,37)38;1-20(2)12-31(21(3)39)27-16-25(23-4-6-28(7-5-23)32(35,36)37)15-26(17-27)24-8-10-38(11-9-24)19-22-13-29(33)18-30(34)14-22;1-21(2)17-30(22(3)36)27-19-25(23-9-11-28(12-10-23)31(32,33)34)18-26(20-27)24-13-15-35(16-14-24)29-7-5-4-6-8-29;1-18(2)14-26(19(3)32)24-16-22(20-6-8-25(9-7-20)27(28,29)30)15-23(17-24)21-10-12-31(4,5)13-11-21/h4-11,17-20,23,30H,12-16H2,1-3H3;4-7,13-18,20,24,31H,8-12,19H2,1-3H3;9-12,18-21,24,29-30H,4-8,13-17H2,1-3H3;6-9,15-18,21,26H,10-14H2,1-5H3/q;;;+1. The van der Waals surface area contributed by atoms with Gasteiger partial charge in [0.15, 0.2) is 0 Å². The second-order valence-corrected chi connectivity index (χ2v) is 43.9. The van der Waals surface area contributed by atoms with E-state index in [0.29, 0.717) is 78.8 Å². The molecule has 0 spiro atoms. The van der Waals surface area contributed by atoms with Crippen molar-refractivity contribution in [1.29, 1.82) is 0 Å². The van der Waals surface area contributed by atoms with Crippen LogP contribution in [0, 0.1) is 35.3 Å². The van der Waals surface area contributed by atoms with Crippen molar-refractivity contribution in [1.82, 2.24) is 9.80 Å². The molecule has 8 nitrogen and oxygen atoms in total. The third-order valence-corrected chi connectivity index (χ3v) is 30.1. The fourth-order valence-electron chi connectivity index (χ4n) is 21.9. The minimum atomic E-state index is -4.43. The summed E-state index contributed by atoms with van der Waals surface area (Å²) in [7, 11) is 4.49. The molecule has 0 amide bonds. The summed E-state index contributed by atoms with van der Waals surface area (Å²) in [5, 5.41) is 0. The average Bonchev–Trinajstić information content (AvgIpc) is 0.796. The summed E-state index contributed by atoms with van der Waals surface area (Å²) < 4.78 is 224. The fraction of sp³-hybridized carbons (Fsp3) is 0.475. The third-order valence-electron chi connectivity index (χ3n) is 30.1. The van der Waals surface area contributed by atoms with Crippen LogP contribution in [0.4, 0.5) is 80.3 Å². The van der Waals surface area contributed by atoms with Crippen LogP contribution in [0.15, 0.2) is 212 Å². The number of quaternary nitrogens is 1. The van der Waals surface area contributed by atoms with Crippen molar-refractivity contribution in [2.24, 2.45) is 23.7 Å². The van der Waals surface area contributed by atoms with Gasteiger partial charge < -0.3 is 14.3 Å². The summed E-state index contributed by atoms with van der Waals surface area (Å²) in [6, 6.07) is 55.2. The number of anilines is 1. The molecule has 15 rings (SSSR count). The number of Topliss-reactive ketones (excluding diaryl/α,β-unsaturated/α-hetero) is 4. The van der Waals surface area contributed by atoms with E-state index in [0.717, 1.165) is 253 Å². The van der Waals surface area contributed by atoms with Crippen LogP contribution in [0.1, 0.15) is 317 Å². The van der Waals surface area contributed by atoms with Crippen LogP contribution in [0.3, 0.4) is 0 Å². The second kappa shape index (κ2) is 49.9. The zero-order valence-electron chi connectivity index (χ0n) is 86.9. The predicted molar refractivity (Wildman–Crippen MR) is 553 cm³/mol. The minimum Gasteiger partial charge on any atom is -0.371 e. The van der Waals surface area contributed by atoms with Gasteiger partial charge in [0.1, 0.15) is 34.8 Å². The van der Waals surface area contributed by atoms with Crippen LogP contribution < -0.4 is 4.90 Å². The van der Waals surface area contributed by atoms with Crippen LogP contribution in [0.25, 0.3) is 44.5 Å². The van der Waals surface area contributed by atoms with Crippen LogP contribution in [-0.4, -0.2) is 110 Å². The highest BCUT2D eigenvalue weighted by Gasteiger charge is 2.39. The van der Waals surface area contributed by atoms with Crippen molar-refractivity contribution in [2.45, 2.75) is 283 Å². The molecule has 792 valence electrons. The van der Waals surface area contributed by atoms with Crippen molar-refractivity contribution in [3.63, 3.8) is 0 Å². The second-order valence-electron chi connectivity index (χ2n) is 43.9. The van der Waals surface area contributed by atoms with Crippen molar-refractivity contribution in [2.75, 3.05) is 71.4 Å². The number of likely N-dealkylation sites (tertiary alicyclic amines) is 3. The largest absolute Gasteiger partial charge is 0.416 e. The average molecular weight is 2050 g/mol. The smallest absolute Gasteiger partial charge is 0.371 e. The molecule has 5 fully saturated rings. The Morgan fingerprint density at radius 2 is 0.551 bits per heavy atom. The van der Waals surface area contributed by atoms with Crippen LogP contribution in [0.2, 0.25) is 0 Å². The van der Waals surface area contributed by atoms with Gasteiger partial charge in [-0.3, -0.25) is 24.1 Å². The highest BCUT2D eigenvalue weighted by Crippen LogP contribution is 2.47. The van der Waals surface area contributed by atoms with Crippen molar-refractivity contribution in [3.8, 4) is 44.5 Å². The first kappa shape index (κ1) is 115. The van der Waals surface area contributed by atoms with E-state index >= 15 is 0 Å². The van der Waals surface area contributed by atoms with E-state index in [4.69, 9.17) is 0 Å². The Hall–Kier alpha value is -10.6. The van der Waals surface area contributed by atoms with Crippen molar-refractivity contribution < 1.29 is 98.3 Å². The number of carbonyl (C=O) groups is 4. The number of piperidine rings is 4. The molecule has 0 aromatic heterocycles. The number of rotatable bonds is 28. The third kappa shape index (κ3) is 32.7. The van der Waals surface area contributed by atoms with Gasteiger partial charge in [0.2, 0.25) is 0 Å². The van der Waals surface area contributed by atoms with E-state index in [2.05, 4.69) is 107 Å². The van der Waals surface area contributed by atoms with E-state index < -0.39 is 70.3 Å². The molecule has 0 N–H and O–H groups in total. The van der Waals surface area contributed by atoms with Gasteiger partial charge in [-0.1, -0.05) is 196 Å². The van der Waals surface area contributed by atoms with E-state index in [1.165, 1.54) is 104 Å². The quantitative estimate of drug-likeness (QED) is 0.0357. The Bertz CT molecular complexity index is 5980. The number of ketones is 4.